The second kappa shape index (κ2) is 9.71. The van der Waals surface area contributed by atoms with E-state index in [4.69, 9.17) is 15.4 Å². The molecule has 0 unspecified atom stereocenters. The van der Waals surface area contributed by atoms with Crippen LogP contribution in [0.1, 0.15) is 0 Å². The molecule has 0 atom stereocenters. The number of nitrogens with zero attached hydrogens (tertiary/aromatic N) is 2. The first-order valence-electron chi connectivity index (χ1n) is 15.6. The van der Waals surface area contributed by atoms with Gasteiger partial charge in [-0.15, -0.1) is 0 Å². The van der Waals surface area contributed by atoms with Gasteiger partial charge >= 0.3 is 0 Å². The maximum Gasteiger partial charge on any atom is 0.230 e. The molecule has 0 spiro atoms. The summed E-state index contributed by atoms with van der Waals surface area (Å²) in [6, 6.07) is 50.4. The lowest BCUT2D eigenvalue weighted by Crippen LogP contribution is -1.94. The molecule has 4 heteroatoms. The van der Waals surface area contributed by atoms with E-state index in [1.54, 1.807) is 0 Å². The zero-order valence-corrected chi connectivity index (χ0v) is 25.1. The minimum Gasteiger partial charge on any atom is -0.465 e. The molecule has 0 radical (unpaired) electrons. The Morgan fingerprint density at radius 3 is 2.02 bits per heavy atom. The molecular formula is C43H24N2O2. The molecule has 0 aliphatic carbocycles. The maximum absolute atomic E-state index is 8.13. The molecule has 47 heavy (non-hydrogen) atoms. The molecule has 3 aromatic heterocycles. The summed E-state index contributed by atoms with van der Waals surface area (Å²) < 4.78 is 15.1. The summed E-state index contributed by atoms with van der Waals surface area (Å²) in [4.78, 5) is 3.95. The van der Waals surface area contributed by atoms with E-state index in [1.165, 1.54) is 16.3 Å². The van der Waals surface area contributed by atoms with Crippen LogP contribution in [0, 0.1) is 6.57 Å². The zero-order valence-electron chi connectivity index (χ0n) is 25.1. The molecule has 0 aliphatic heterocycles. The average molecular weight is 601 g/mol. The minimum atomic E-state index is 0.491. The summed E-state index contributed by atoms with van der Waals surface area (Å²) in [5.74, 6) is 0. The quantitative estimate of drug-likeness (QED) is 0.189. The lowest BCUT2D eigenvalue weighted by Gasteiger charge is -2.10. The molecule has 0 saturated carbocycles. The highest BCUT2D eigenvalue weighted by molar-refractivity contribution is 6.16. The third kappa shape index (κ3) is 3.75. The normalized spacial score (nSPS) is 11.8. The van der Waals surface area contributed by atoms with Crippen LogP contribution in [-0.2, 0) is 0 Å². The number of benzene rings is 7. The fraction of sp³-hybridized carbons (Fsp3) is 0. The lowest BCUT2D eigenvalue weighted by molar-refractivity contribution is 0.668. The molecule has 3 heterocycles. The SMILES string of the molecule is [C-]#[N+]c1cc(-c2ccc3oc4ccccc4c3c2)cc2c1oc1c(-n3c4ccccc4c4ccc(-c5ccccc5)cc43)cccc12. The molecule has 0 saturated heterocycles. The van der Waals surface area contributed by atoms with Gasteiger partial charge in [0.05, 0.1) is 23.3 Å². The standard InChI is InChI=1S/C43H24N2O2/c1-44-36-24-29(27-19-21-41-34(22-27)32-13-6-8-17-40(32)46-41)23-35-33-14-9-16-38(43(33)47-42(35)36)45-37-15-7-5-12-30(37)31-20-18-28(25-39(31)45)26-10-3-2-4-11-26/h2-25H. The van der Waals surface area contributed by atoms with Crippen LogP contribution >= 0.6 is 0 Å². The van der Waals surface area contributed by atoms with Crippen molar-refractivity contribution < 1.29 is 8.83 Å². The van der Waals surface area contributed by atoms with Gasteiger partial charge in [-0.3, -0.25) is 0 Å². The van der Waals surface area contributed by atoms with Gasteiger partial charge in [-0.25, -0.2) is 4.85 Å². The smallest absolute Gasteiger partial charge is 0.230 e. The summed E-state index contributed by atoms with van der Waals surface area (Å²) in [5.41, 5.74) is 11.0. The van der Waals surface area contributed by atoms with Crippen molar-refractivity contribution in [1.82, 2.24) is 4.57 Å². The summed E-state index contributed by atoms with van der Waals surface area (Å²) in [5, 5.41) is 6.40. The van der Waals surface area contributed by atoms with E-state index in [0.717, 1.165) is 71.7 Å². The van der Waals surface area contributed by atoms with Crippen molar-refractivity contribution >= 4 is 71.4 Å². The Bertz CT molecular complexity index is 2920. The molecule has 10 rings (SSSR count). The Morgan fingerprint density at radius 1 is 0.426 bits per heavy atom. The van der Waals surface area contributed by atoms with Crippen LogP contribution in [0.25, 0.3) is 98.5 Å². The van der Waals surface area contributed by atoms with Crippen molar-refractivity contribution in [2.45, 2.75) is 0 Å². The molecule has 4 nitrogen and oxygen atoms in total. The van der Waals surface area contributed by atoms with Gasteiger partial charge < -0.3 is 13.4 Å². The van der Waals surface area contributed by atoms with Crippen molar-refractivity contribution in [3.8, 4) is 27.9 Å². The van der Waals surface area contributed by atoms with Crippen molar-refractivity contribution in [3.05, 3.63) is 157 Å². The summed E-state index contributed by atoms with van der Waals surface area (Å²) in [6.45, 7) is 8.13. The van der Waals surface area contributed by atoms with Crippen LogP contribution < -0.4 is 0 Å². The fourth-order valence-electron chi connectivity index (χ4n) is 7.24. The summed E-state index contributed by atoms with van der Waals surface area (Å²) in [7, 11) is 0. The topological polar surface area (TPSA) is 35.6 Å². The van der Waals surface area contributed by atoms with E-state index in [0.29, 0.717) is 11.3 Å². The van der Waals surface area contributed by atoms with Crippen molar-refractivity contribution in [2.75, 3.05) is 0 Å². The van der Waals surface area contributed by atoms with Gasteiger partial charge in [0.25, 0.3) is 0 Å². The highest BCUT2D eigenvalue weighted by Crippen LogP contribution is 2.43. The highest BCUT2D eigenvalue weighted by atomic mass is 16.3. The van der Waals surface area contributed by atoms with E-state index in [2.05, 4.69) is 119 Å². The molecule has 10 aromatic rings. The Balaban J connectivity index is 1.23. The van der Waals surface area contributed by atoms with Crippen LogP contribution in [0.3, 0.4) is 0 Å². The largest absolute Gasteiger partial charge is 0.465 e. The second-order valence-corrected chi connectivity index (χ2v) is 12.0. The summed E-state index contributed by atoms with van der Waals surface area (Å²) >= 11 is 0. The molecule has 0 bridgehead atoms. The Kier molecular flexibility index (Phi) is 5.32. The van der Waals surface area contributed by atoms with Gasteiger partial charge in [0, 0.05) is 32.3 Å². The monoisotopic (exact) mass is 600 g/mol. The van der Waals surface area contributed by atoms with E-state index in [-0.39, 0.29) is 0 Å². The Morgan fingerprint density at radius 2 is 1.13 bits per heavy atom. The first kappa shape index (κ1) is 25.7. The van der Waals surface area contributed by atoms with E-state index < -0.39 is 0 Å². The first-order chi connectivity index (χ1) is 23.2. The fourth-order valence-corrected chi connectivity index (χ4v) is 7.24. The van der Waals surface area contributed by atoms with Crippen LogP contribution in [0.15, 0.2) is 154 Å². The maximum atomic E-state index is 8.13. The molecule has 0 fully saturated rings. The number of fused-ring (bicyclic) bond motifs is 9. The minimum absolute atomic E-state index is 0.491. The second-order valence-electron chi connectivity index (χ2n) is 12.0. The molecular weight excluding hydrogens is 576 g/mol. The first-order valence-corrected chi connectivity index (χ1v) is 15.6. The van der Waals surface area contributed by atoms with E-state index >= 15 is 0 Å². The number of hydrogen-bond acceptors (Lipinski definition) is 2. The van der Waals surface area contributed by atoms with E-state index in [1.807, 2.05) is 36.4 Å². The molecule has 0 N–H and O–H groups in total. The van der Waals surface area contributed by atoms with E-state index in [9.17, 15) is 0 Å². The number of furan rings is 2. The van der Waals surface area contributed by atoms with Crippen LogP contribution in [0.5, 0.6) is 0 Å². The van der Waals surface area contributed by atoms with Crippen LogP contribution in [-0.4, -0.2) is 4.57 Å². The summed E-state index contributed by atoms with van der Waals surface area (Å²) in [6.07, 6.45) is 0. The van der Waals surface area contributed by atoms with Gasteiger partial charge in [-0.05, 0) is 70.8 Å². The number of hydrogen-bond donors (Lipinski definition) is 0. The number of para-hydroxylation sites is 3. The van der Waals surface area contributed by atoms with Gasteiger partial charge in [0.15, 0.2) is 5.58 Å². The molecule has 0 aliphatic rings. The highest BCUT2D eigenvalue weighted by Gasteiger charge is 2.20. The van der Waals surface area contributed by atoms with Crippen molar-refractivity contribution in [1.29, 1.82) is 0 Å². The molecule has 0 amide bonds. The van der Waals surface area contributed by atoms with Gasteiger partial charge in [0.1, 0.15) is 16.7 Å². The van der Waals surface area contributed by atoms with Gasteiger partial charge in [0.2, 0.25) is 5.69 Å². The third-order valence-electron chi connectivity index (χ3n) is 9.41. The van der Waals surface area contributed by atoms with Gasteiger partial charge in [-0.2, -0.15) is 0 Å². The predicted molar refractivity (Wildman–Crippen MR) is 192 cm³/mol. The zero-order chi connectivity index (χ0) is 31.1. The molecule has 218 valence electrons. The Hall–Kier alpha value is -6.57. The average Bonchev–Trinajstić information content (AvgIpc) is 3.80. The van der Waals surface area contributed by atoms with Crippen molar-refractivity contribution in [3.63, 3.8) is 0 Å². The third-order valence-corrected chi connectivity index (χ3v) is 9.41. The molecule has 7 aromatic carbocycles. The lowest BCUT2D eigenvalue weighted by atomic mass is 9.99. The Labute approximate surface area is 269 Å². The number of aromatic nitrogens is 1. The van der Waals surface area contributed by atoms with Gasteiger partial charge in [-0.1, -0.05) is 97.1 Å². The van der Waals surface area contributed by atoms with Crippen molar-refractivity contribution in [2.24, 2.45) is 0 Å². The predicted octanol–water partition coefficient (Wildman–Crippen LogP) is 12.5. The number of rotatable bonds is 3. The van der Waals surface area contributed by atoms with Crippen LogP contribution in [0.4, 0.5) is 5.69 Å². The van der Waals surface area contributed by atoms with Crippen LogP contribution in [0.2, 0.25) is 0 Å².